The van der Waals surface area contributed by atoms with E-state index < -0.39 is 0 Å². The molecule has 0 saturated heterocycles. The van der Waals surface area contributed by atoms with Gasteiger partial charge in [-0.25, -0.2) is 0 Å². The Morgan fingerprint density at radius 2 is 2.29 bits per heavy atom. The summed E-state index contributed by atoms with van der Waals surface area (Å²) in [7, 11) is 1.74. The molecular weight excluding hydrogens is 212 g/mol. The lowest BCUT2D eigenvalue weighted by atomic mass is 9.98. The molecule has 1 aromatic carbocycles. The Kier molecular flexibility index (Phi) is 2.54. The van der Waals surface area contributed by atoms with Crippen molar-refractivity contribution in [2.45, 2.75) is 25.7 Å². The summed E-state index contributed by atoms with van der Waals surface area (Å²) in [6.45, 7) is 4.02. The summed E-state index contributed by atoms with van der Waals surface area (Å²) in [6, 6.07) is 4.47. The molecule has 1 aromatic rings. The van der Waals surface area contributed by atoms with Crippen LogP contribution in [0.25, 0.3) is 0 Å². The standard InChI is InChI=1S/C14H18N2O/c1-9-7-10-3-4-11(14-15-5-6-16-14)12(10)8-13(9)17-2/h7-8,11H,3-6H2,1-2H3,(H,15,16). The number of nitrogens with zero attached hydrogens (tertiary/aromatic N) is 1. The van der Waals surface area contributed by atoms with Gasteiger partial charge in [0.1, 0.15) is 11.6 Å². The lowest BCUT2D eigenvalue weighted by Gasteiger charge is -2.14. The molecule has 0 fully saturated rings. The van der Waals surface area contributed by atoms with Crippen LogP contribution in [0.5, 0.6) is 5.75 Å². The zero-order valence-electron chi connectivity index (χ0n) is 10.4. The highest BCUT2D eigenvalue weighted by molar-refractivity contribution is 5.91. The van der Waals surface area contributed by atoms with E-state index in [9.17, 15) is 0 Å². The first-order valence-corrected chi connectivity index (χ1v) is 6.25. The molecule has 2 aliphatic rings. The molecule has 3 heteroatoms. The van der Waals surface area contributed by atoms with Gasteiger partial charge in [-0.2, -0.15) is 0 Å². The Hall–Kier alpha value is -1.51. The van der Waals surface area contributed by atoms with E-state index in [1.54, 1.807) is 7.11 Å². The number of aliphatic imine (C=N–C) groups is 1. The summed E-state index contributed by atoms with van der Waals surface area (Å²) in [6.07, 6.45) is 2.33. The maximum absolute atomic E-state index is 5.42. The summed E-state index contributed by atoms with van der Waals surface area (Å²) in [5.74, 6) is 2.63. The van der Waals surface area contributed by atoms with Crippen LogP contribution in [0.1, 0.15) is 29.0 Å². The first-order valence-electron chi connectivity index (χ1n) is 6.25. The fourth-order valence-electron chi connectivity index (χ4n) is 2.91. The number of fused-ring (bicyclic) bond motifs is 1. The molecule has 17 heavy (non-hydrogen) atoms. The second-order valence-corrected chi connectivity index (χ2v) is 4.81. The van der Waals surface area contributed by atoms with Crippen LogP contribution in [0.15, 0.2) is 17.1 Å². The maximum atomic E-state index is 5.42. The van der Waals surface area contributed by atoms with Gasteiger partial charge in [0, 0.05) is 12.5 Å². The highest BCUT2D eigenvalue weighted by Crippen LogP contribution is 2.37. The topological polar surface area (TPSA) is 33.6 Å². The highest BCUT2D eigenvalue weighted by atomic mass is 16.5. The first kappa shape index (κ1) is 10.6. The number of ether oxygens (including phenoxy) is 1. The van der Waals surface area contributed by atoms with Gasteiger partial charge in [-0.05, 0) is 42.5 Å². The van der Waals surface area contributed by atoms with Crippen LogP contribution in [0.2, 0.25) is 0 Å². The fourth-order valence-corrected chi connectivity index (χ4v) is 2.91. The molecule has 3 rings (SSSR count). The van der Waals surface area contributed by atoms with Crippen molar-refractivity contribution in [2.24, 2.45) is 4.99 Å². The van der Waals surface area contributed by atoms with Crippen LogP contribution in [0, 0.1) is 6.92 Å². The van der Waals surface area contributed by atoms with Crippen molar-refractivity contribution in [1.29, 1.82) is 0 Å². The molecule has 3 nitrogen and oxygen atoms in total. The van der Waals surface area contributed by atoms with Crippen LogP contribution in [-0.2, 0) is 6.42 Å². The van der Waals surface area contributed by atoms with Gasteiger partial charge in [0.05, 0.1) is 13.7 Å². The van der Waals surface area contributed by atoms with E-state index in [0.717, 1.165) is 25.3 Å². The molecule has 0 amide bonds. The predicted molar refractivity (Wildman–Crippen MR) is 69.1 cm³/mol. The van der Waals surface area contributed by atoms with Gasteiger partial charge < -0.3 is 10.1 Å². The fraction of sp³-hybridized carbons (Fsp3) is 0.500. The van der Waals surface area contributed by atoms with E-state index in [1.165, 1.54) is 28.9 Å². The molecular formula is C14H18N2O. The van der Waals surface area contributed by atoms with Crippen molar-refractivity contribution < 1.29 is 4.74 Å². The molecule has 0 spiro atoms. The van der Waals surface area contributed by atoms with E-state index >= 15 is 0 Å². The van der Waals surface area contributed by atoms with E-state index in [4.69, 9.17) is 4.74 Å². The molecule has 1 aliphatic carbocycles. The van der Waals surface area contributed by atoms with Crippen LogP contribution < -0.4 is 10.1 Å². The molecule has 0 radical (unpaired) electrons. The lowest BCUT2D eigenvalue weighted by molar-refractivity contribution is 0.411. The predicted octanol–water partition coefficient (Wildman–Crippen LogP) is 2.04. The molecule has 0 saturated carbocycles. The van der Waals surface area contributed by atoms with Crippen molar-refractivity contribution in [3.63, 3.8) is 0 Å². The third-order valence-corrected chi connectivity index (χ3v) is 3.76. The number of methoxy groups -OCH3 is 1. The minimum absolute atomic E-state index is 0.460. The Bertz CT molecular complexity index is 479. The van der Waals surface area contributed by atoms with E-state index in [0.29, 0.717) is 5.92 Å². The van der Waals surface area contributed by atoms with Gasteiger partial charge in [-0.3, -0.25) is 4.99 Å². The lowest BCUT2D eigenvalue weighted by Crippen LogP contribution is -2.24. The van der Waals surface area contributed by atoms with Gasteiger partial charge in [0.15, 0.2) is 0 Å². The van der Waals surface area contributed by atoms with Crippen molar-refractivity contribution in [3.05, 3.63) is 28.8 Å². The summed E-state index contributed by atoms with van der Waals surface area (Å²) in [4.78, 5) is 4.56. The normalized spacial score (nSPS) is 22.0. The molecule has 1 N–H and O–H groups in total. The molecule has 0 aromatic heterocycles. The average Bonchev–Trinajstić information content (AvgIpc) is 2.95. The van der Waals surface area contributed by atoms with Crippen molar-refractivity contribution in [1.82, 2.24) is 5.32 Å². The Morgan fingerprint density at radius 1 is 1.41 bits per heavy atom. The largest absolute Gasteiger partial charge is 0.496 e. The molecule has 0 bridgehead atoms. The second-order valence-electron chi connectivity index (χ2n) is 4.81. The quantitative estimate of drug-likeness (QED) is 0.843. The average molecular weight is 230 g/mol. The second kappa shape index (κ2) is 4.06. The van der Waals surface area contributed by atoms with Crippen molar-refractivity contribution in [2.75, 3.05) is 20.2 Å². The van der Waals surface area contributed by atoms with Crippen molar-refractivity contribution >= 4 is 5.84 Å². The van der Waals surface area contributed by atoms with E-state index in [1.807, 2.05) is 0 Å². The molecule has 1 atom stereocenters. The Labute approximate surface area is 102 Å². The number of rotatable bonds is 2. The summed E-state index contributed by atoms with van der Waals surface area (Å²) < 4.78 is 5.42. The van der Waals surface area contributed by atoms with Crippen molar-refractivity contribution in [3.8, 4) is 5.75 Å². The summed E-state index contributed by atoms with van der Waals surface area (Å²) >= 11 is 0. The smallest absolute Gasteiger partial charge is 0.122 e. The first-order chi connectivity index (χ1) is 8.29. The van der Waals surface area contributed by atoms with Gasteiger partial charge in [0.2, 0.25) is 0 Å². The van der Waals surface area contributed by atoms with Crippen LogP contribution in [0.4, 0.5) is 0 Å². The van der Waals surface area contributed by atoms with Crippen LogP contribution in [0.3, 0.4) is 0 Å². The zero-order valence-corrected chi connectivity index (χ0v) is 10.4. The minimum Gasteiger partial charge on any atom is -0.496 e. The third kappa shape index (κ3) is 1.70. The Balaban J connectivity index is 2.01. The van der Waals surface area contributed by atoms with E-state index in [-0.39, 0.29) is 0 Å². The zero-order chi connectivity index (χ0) is 11.8. The molecule has 1 unspecified atom stereocenters. The maximum Gasteiger partial charge on any atom is 0.122 e. The van der Waals surface area contributed by atoms with Gasteiger partial charge in [-0.15, -0.1) is 0 Å². The number of hydrogen-bond acceptors (Lipinski definition) is 3. The van der Waals surface area contributed by atoms with Crippen LogP contribution in [-0.4, -0.2) is 26.0 Å². The number of nitrogens with one attached hydrogen (secondary N) is 1. The van der Waals surface area contributed by atoms with E-state index in [2.05, 4.69) is 29.4 Å². The number of amidine groups is 1. The number of benzene rings is 1. The third-order valence-electron chi connectivity index (χ3n) is 3.76. The molecule has 90 valence electrons. The highest BCUT2D eigenvalue weighted by Gasteiger charge is 2.29. The van der Waals surface area contributed by atoms with Gasteiger partial charge in [-0.1, -0.05) is 6.07 Å². The molecule has 1 aliphatic heterocycles. The number of aryl methyl sites for hydroxylation is 2. The SMILES string of the molecule is COc1cc2c(cc1C)CCC2C1=NCCN1. The summed E-state index contributed by atoms with van der Waals surface area (Å²) in [5, 5.41) is 3.40. The molecule has 1 heterocycles. The summed E-state index contributed by atoms with van der Waals surface area (Å²) in [5.41, 5.74) is 4.10. The monoisotopic (exact) mass is 230 g/mol. The van der Waals surface area contributed by atoms with Gasteiger partial charge >= 0.3 is 0 Å². The number of hydrogen-bond donors (Lipinski definition) is 1. The van der Waals surface area contributed by atoms with Gasteiger partial charge in [0.25, 0.3) is 0 Å². The van der Waals surface area contributed by atoms with Crippen LogP contribution >= 0.6 is 0 Å². The Morgan fingerprint density at radius 3 is 3.00 bits per heavy atom. The minimum atomic E-state index is 0.460.